The van der Waals surface area contributed by atoms with Gasteiger partial charge < -0.3 is 15.2 Å². The lowest BCUT2D eigenvalue weighted by Gasteiger charge is -2.05. The minimum atomic E-state index is -2.51. The maximum Gasteiger partial charge on any atom is 0.269 e. The van der Waals surface area contributed by atoms with Gasteiger partial charge in [0.1, 0.15) is 18.9 Å². The van der Waals surface area contributed by atoms with Gasteiger partial charge in [0, 0.05) is 18.3 Å². The number of carbonyl (C=O) groups is 1. The highest BCUT2D eigenvalue weighted by Gasteiger charge is 2.06. The Bertz CT molecular complexity index is 481. The van der Waals surface area contributed by atoms with E-state index in [4.69, 9.17) is 5.11 Å². The van der Waals surface area contributed by atoms with E-state index in [9.17, 15) is 13.6 Å². The van der Waals surface area contributed by atoms with Crippen LogP contribution in [0.2, 0.25) is 0 Å². The summed E-state index contributed by atoms with van der Waals surface area (Å²) in [5, 5.41) is 11.0. The van der Waals surface area contributed by atoms with Crippen molar-refractivity contribution in [2.24, 2.45) is 0 Å². The lowest BCUT2D eigenvalue weighted by Crippen LogP contribution is -2.28. The Kier molecular flexibility index (Phi) is 7.17. The fourth-order valence-corrected chi connectivity index (χ4v) is 1.24. The number of amides is 1. The molecule has 7 heteroatoms. The molecular weight excluding hydrogens is 270 g/mol. The van der Waals surface area contributed by atoms with Gasteiger partial charge in [0.2, 0.25) is 0 Å². The number of ether oxygens (including phenoxy) is 1. The number of pyridine rings is 1. The van der Waals surface area contributed by atoms with Gasteiger partial charge in [-0.25, -0.2) is 13.8 Å². The number of nitrogens with one attached hydrogen (secondary N) is 1. The van der Waals surface area contributed by atoms with E-state index in [1.54, 1.807) is 6.07 Å². The molecular formula is C13H14F2N2O3. The third kappa shape index (κ3) is 6.22. The highest BCUT2D eigenvalue weighted by Crippen LogP contribution is 1.99. The SMILES string of the molecule is O=C(NCCOCC(F)F)c1ccc(C#CCO)cn1. The van der Waals surface area contributed by atoms with Crippen LogP contribution in [0.4, 0.5) is 8.78 Å². The molecule has 2 N–H and O–H groups in total. The number of aromatic nitrogens is 1. The molecule has 0 radical (unpaired) electrons. The molecule has 0 aromatic carbocycles. The van der Waals surface area contributed by atoms with Crippen LogP contribution in [0.1, 0.15) is 16.1 Å². The molecule has 1 aromatic heterocycles. The first-order valence-electron chi connectivity index (χ1n) is 5.83. The molecule has 0 unspecified atom stereocenters. The van der Waals surface area contributed by atoms with Gasteiger partial charge >= 0.3 is 0 Å². The number of aliphatic hydroxyl groups is 1. The van der Waals surface area contributed by atoms with Crippen LogP contribution in [-0.2, 0) is 4.74 Å². The number of halogens is 2. The van der Waals surface area contributed by atoms with Crippen LogP contribution in [0.5, 0.6) is 0 Å². The number of nitrogens with zero attached hydrogens (tertiary/aromatic N) is 1. The van der Waals surface area contributed by atoms with Crippen molar-refractivity contribution in [3.05, 3.63) is 29.6 Å². The van der Waals surface area contributed by atoms with Gasteiger partial charge in [0.05, 0.1) is 6.61 Å². The van der Waals surface area contributed by atoms with Crippen molar-refractivity contribution in [2.75, 3.05) is 26.4 Å². The highest BCUT2D eigenvalue weighted by atomic mass is 19.3. The van der Waals surface area contributed by atoms with Crippen molar-refractivity contribution in [1.82, 2.24) is 10.3 Å². The second-order valence-electron chi connectivity index (χ2n) is 3.61. The third-order valence-corrected chi connectivity index (χ3v) is 2.08. The number of hydrogen-bond acceptors (Lipinski definition) is 4. The number of carbonyl (C=O) groups excluding carboxylic acids is 1. The van der Waals surface area contributed by atoms with E-state index in [0.717, 1.165) is 0 Å². The monoisotopic (exact) mass is 284 g/mol. The normalized spacial score (nSPS) is 10.0. The van der Waals surface area contributed by atoms with Gasteiger partial charge in [-0.05, 0) is 12.1 Å². The van der Waals surface area contributed by atoms with Gasteiger partial charge in [0.25, 0.3) is 12.3 Å². The molecule has 1 heterocycles. The lowest BCUT2D eigenvalue weighted by molar-refractivity contribution is 0.0188. The van der Waals surface area contributed by atoms with Crippen LogP contribution in [0, 0.1) is 11.8 Å². The molecule has 0 atom stereocenters. The molecule has 1 rings (SSSR count). The van der Waals surface area contributed by atoms with Crippen molar-refractivity contribution in [2.45, 2.75) is 6.43 Å². The number of hydrogen-bond donors (Lipinski definition) is 2. The summed E-state index contributed by atoms with van der Waals surface area (Å²) in [5.41, 5.74) is 0.768. The van der Waals surface area contributed by atoms with Crippen LogP contribution in [0.25, 0.3) is 0 Å². The lowest BCUT2D eigenvalue weighted by atomic mass is 10.2. The Morgan fingerprint density at radius 2 is 2.30 bits per heavy atom. The quantitative estimate of drug-likeness (QED) is 0.587. The first kappa shape index (κ1) is 16.0. The summed E-state index contributed by atoms with van der Waals surface area (Å²) in [7, 11) is 0. The van der Waals surface area contributed by atoms with Crippen molar-refractivity contribution < 1.29 is 23.4 Å². The molecule has 0 fully saturated rings. The van der Waals surface area contributed by atoms with Gasteiger partial charge in [-0.2, -0.15) is 0 Å². The molecule has 5 nitrogen and oxygen atoms in total. The molecule has 20 heavy (non-hydrogen) atoms. The fourth-order valence-electron chi connectivity index (χ4n) is 1.24. The Hall–Kier alpha value is -2.04. The van der Waals surface area contributed by atoms with Crippen LogP contribution in [0.15, 0.2) is 18.3 Å². The zero-order valence-electron chi connectivity index (χ0n) is 10.6. The standard InChI is InChI=1S/C13H14F2N2O3/c14-12(15)9-20-7-5-16-13(19)11-4-3-10(8-17-11)2-1-6-18/h3-4,8,12,18H,5-7,9H2,(H,16,19). The topological polar surface area (TPSA) is 71.5 Å². The molecule has 1 amide bonds. The first-order chi connectivity index (χ1) is 9.63. The Morgan fingerprint density at radius 3 is 2.90 bits per heavy atom. The third-order valence-electron chi connectivity index (χ3n) is 2.08. The minimum absolute atomic E-state index is 0.0101. The van der Waals surface area contributed by atoms with E-state index < -0.39 is 18.9 Å². The predicted molar refractivity (Wildman–Crippen MR) is 67.4 cm³/mol. The number of rotatable bonds is 6. The maximum atomic E-state index is 11.8. The second kappa shape index (κ2) is 8.96. The summed E-state index contributed by atoms with van der Waals surface area (Å²) in [6, 6.07) is 3.08. The maximum absolute atomic E-state index is 11.8. The zero-order valence-corrected chi connectivity index (χ0v) is 10.6. The summed E-state index contributed by atoms with van der Waals surface area (Å²) < 4.78 is 28.1. The Labute approximate surface area is 115 Å². The molecule has 0 aliphatic heterocycles. The van der Waals surface area contributed by atoms with Crippen LogP contribution >= 0.6 is 0 Å². The largest absolute Gasteiger partial charge is 0.384 e. The summed E-state index contributed by atoms with van der Waals surface area (Å²) >= 11 is 0. The summed E-state index contributed by atoms with van der Waals surface area (Å²) in [4.78, 5) is 15.5. The van der Waals surface area contributed by atoms with Crippen LogP contribution in [0.3, 0.4) is 0 Å². The Morgan fingerprint density at radius 1 is 1.50 bits per heavy atom. The highest BCUT2D eigenvalue weighted by molar-refractivity contribution is 5.92. The van der Waals surface area contributed by atoms with E-state index in [1.807, 2.05) is 0 Å². The van der Waals surface area contributed by atoms with Crippen LogP contribution in [-0.4, -0.2) is 48.8 Å². The van der Waals surface area contributed by atoms with E-state index in [2.05, 4.69) is 26.9 Å². The molecule has 0 aliphatic rings. The fraction of sp³-hybridized carbons (Fsp3) is 0.385. The van der Waals surface area contributed by atoms with Crippen molar-refractivity contribution >= 4 is 5.91 Å². The predicted octanol–water partition coefficient (Wildman–Crippen LogP) is 0.437. The molecule has 1 aromatic rings. The van der Waals surface area contributed by atoms with E-state index in [0.29, 0.717) is 5.56 Å². The molecule has 0 bridgehead atoms. The summed E-state index contributed by atoms with van der Waals surface area (Å²) in [6.45, 7) is -0.761. The summed E-state index contributed by atoms with van der Waals surface area (Å²) in [5.74, 6) is 4.68. The van der Waals surface area contributed by atoms with E-state index in [-0.39, 0.29) is 25.5 Å². The van der Waals surface area contributed by atoms with Gasteiger partial charge in [0.15, 0.2) is 0 Å². The molecule has 108 valence electrons. The second-order valence-corrected chi connectivity index (χ2v) is 3.61. The zero-order chi connectivity index (χ0) is 14.8. The molecule has 0 saturated carbocycles. The molecule has 0 aliphatic carbocycles. The van der Waals surface area contributed by atoms with Gasteiger partial charge in [-0.15, -0.1) is 0 Å². The Balaban J connectivity index is 2.36. The van der Waals surface area contributed by atoms with Gasteiger partial charge in [-0.3, -0.25) is 4.79 Å². The van der Waals surface area contributed by atoms with Gasteiger partial charge in [-0.1, -0.05) is 11.8 Å². The van der Waals surface area contributed by atoms with E-state index in [1.165, 1.54) is 12.3 Å². The van der Waals surface area contributed by atoms with Crippen molar-refractivity contribution in [1.29, 1.82) is 0 Å². The first-order valence-corrected chi connectivity index (χ1v) is 5.83. The van der Waals surface area contributed by atoms with E-state index >= 15 is 0 Å². The molecule has 0 spiro atoms. The van der Waals surface area contributed by atoms with Crippen LogP contribution < -0.4 is 5.32 Å². The van der Waals surface area contributed by atoms with Crippen molar-refractivity contribution in [3.63, 3.8) is 0 Å². The molecule has 0 saturated heterocycles. The number of alkyl halides is 2. The average Bonchev–Trinajstić information content (AvgIpc) is 2.44. The number of aliphatic hydroxyl groups excluding tert-OH is 1. The smallest absolute Gasteiger partial charge is 0.269 e. The minimum Gasteiger partial charge on any atom is -0.384 e. The summed E-state index contributed by atoms with van der Waals surface area (Å²) in [6.07, 6.45) is -1.11. The average molecular weight is 284 g/mol. The van der Waals surface area contributed by atoms with Crippen molar-refractivity contribution in [3.8, 4) is 11.8 Å².